The van der Waals surface area contributed by atoms with Crippen LogP contribution in [0.5, 0.6) is 0 Å². The van der Waals surface area contributed by atoms with Crippen molar-refractivity contribution in [2.24, 2.45) is 5.73 Å². The standard InChI is InChI=1S/C17H19N3O/c18-11-15-14(7-4-10-19-15)12-20-16-8-2-1-5-13(16)6-3-9-17(20)21/h1-2,4-5,7-8,10H,3,6,9,11-12,18H2. The van der Waals surface area contributed by atoms with Crippen LogP contribution >= 0.6 is 0 Å². The molecule has 0 fully saturated rings. The Morgan fingerprint density at radius 2 is 2.00 bits per heavy atom. The molecule has 0 bridgehead atoms. The van der Waals surface area contributed by atoms with Gasteiger partial charge >= 0.3 is 0 Å². The van der Waals surface area contributed by atoms with Crippen molar-refractivity contribution in [2.45, 2.75) is 32.4 Å². The van der Waals surface area contributed by atoms with Crippen molar-refractivity contribution < 1.29 is 4.79 Å². The number of rotatable bonds is 3. The summed E-state index contributed by atoms with van der Waals surface area (Å²) in [7, 11) is 0. The molecular weight excluding hydrogens is 262 g/mol. The van der Waals surface area contributed by atoms with Crippen LogP contribution in [0, 0.1) is 0 Å². The summed E-state index contributed by atoms with van der Waals surface area (Å²) in [5.41, 5.74) is 9.88. The molecule has 1 aliphatic rings. The van der Waals surface area contributed by atoms with Crippen LogP contribution in [0.4, 0.5) is 5.69 Å². The Balaban J connectivity index is 1.98. The van der Waals surface area contributed by atoms with Crippen LogP contribution in [-0.4, -0.2) is 10.9 Å². The fourth-order valence-electron chi connectivity index (χ4n) is 2.83. The topological polar surface area (TPSA) is 59.2 Å². The Morgan fingerprint density at radius 1 is 1.14 bits per heavy atom. The van der Waals surface area contributed by atoms with Gasteiger partial charge in [0, 0.05) is 24.8 Å². The highest BCUT2D eigenvalue weighted by molar-refractivity contribution is 5.94. The summed E-state index contributed by atoms with van der Waals surface area (Å²) >= 11 is 0. The Hall–Kier alpha value is -2.20. The monoisotopic (exact) mass is 281 g/mol. The number of carbonyl (C=O) groups is 1. The van der Waals surface area contributed by atoms with E-state index in [-0.39, 0.29) is 5.91 Å². The van der Waals surface area contributed by atoms with E-state index in [1.54, 1.807) is 6.20 Å². The van der Waals surface area contributed by atoms with Gasteiger partial charge in [0.1, 0.15) is 0 Å². The van der Waals surface area contributed by atoms with Crippen molar-refractivity contribution in [3.8, 4) is 0 Å². The van der Waals surface area contributed by atoms with Crippen LogP contribution in [-0.2, 0) is 24.3 Å². The van der Waals surface area contributed by atoms with Gasteiger partial charge in [0.2, 0.25) is 5.91 Å². The molecule has 0 saturated heterocycles. The summed E-state index contributed by atoms with van der Waals surface area (Å²) in [6, 6.07) is 12.0. The Morgan fingerprint density at radius 3 is 2.86 bits per heavy atom. The predicted molar refractivity (Wildman–Crippen MR) is 82.7 cm³/mol. The maximum absolute atomic E-state index is 12.5. The van der Waals surface area contributed by atoms with Crippen molar-refractivity contribution in [1.82, 2.24) is 4.98 Å². The van der Waals surface area contributed by atoms with Gasteiger partial charge in [-0.3, -0.25) is 9.78 Å². The largest absolute Gasteiger partial charge is 0.325 e. The van der Waals surface area contributed by atoms with E-state index >= 15 is 0 Å². The first kappa shape index (κ1) is 13.8. The number of anilines is 1. The number of fused-ring (bicyclic) bond motifs is 1. The third kappa shape index (κ3) is 2.81. The third-order valence-corrected chi connectivity index (χ3v) is 3.93. The molecule has 0 atom stereocenters. The minimum Gasteiger partial charge on any atom is -0.325 e. The number of aromatic nitrogens is 1. The minimum absolute atomic E-state index is 0.173. The number of hydrogen-bond acceptors (Lipinski definition) is 3. The maximum atomic E-state index is 12.5. The molecular formula is C17H19N3O. The zero-order valence-electron chi connectivity index (χ0n) is 12.0. The number of carbonyl (C=O) groups excluding carboxylic acids is 1. The molecule has 0 spiro atoms. The van der Waals surface area contributed by atoms with Crippen LogP contribution < -0.4 is 10.6 Å². The summed E-state index contributed by atoms with van der Waals surface area (Å²) in [5.74, 6) is 0.173. The molecule has 1 aliphatic heterocycles. The highest BCUT2D eigenvalue weighted by Crippen LogP contribution is 2.28. The lowest BCUT2D eigenvalue weighted by Crippen LogP contribution is -2.30. The summed E-state index contributed by atoms with van der Waals surface area (Å²) in [4.78, 5) is 18.6. The highest BCUT2D eigenvalue weighted by atomic mass is 16.2. The van der Waals surface area contributed by atoms with E-state index in [4.69, 9.17) is 5.73 Å². The van der Waals surface area contributed by atoms with Crippen LogP contribution in [0.3, 0.4) is 0 Å². The van der Waals surface area contributed by atoms with Gasteiger partial charge in [0.05, 0.1) is 12.2 Å². The predicted octanol–water partition coefficient (Wildman–Crippen LogP) is 2.41. The van der Waals surface area contributed by atoms with E-state index < -0.39 is 0 Å². The second-order valence-electron chi connectivity index (χ2n) is 5.28. The van der Waals surface area contributed by atoms with Gasteiger partial charge in [-0.1, -0.05) is 24.3 Å². The zero-order chi connectivity index (χ0) is 14.7. The van der Waals surface area contributed by atoms with E-state index in [1.165, 1.54) is 5.56 Å². The number of para-hydroxylation sites is 1. The van der Waals surface area contributed by atoms with E-state index in [1.807, 2.05) is 35.2 Å². The molecule has 0 radical (unpaired) electrons. The molecule has 2 N–H and O–H groups in total. The van der Waals surface area contributed by atoms with Gasteiger partial charge in [-0.05, 0) is 36.1 Å². The smallest absolute Gasteiger partial charge is 0.227 e. The van der Waals surface area contributed by atoms with Crippen molar-refractivity contribution in [1.29, 1.82) is 0 Å². The van der Waals surface area contributed by atoms with Gasteiger partial charge in [0.25, 0.3) is 0 Å². The molecule has 2 heterocycles. The molecule has 1 aromatic heterocycles. The van der Waals surface area contributed by atoms with Gasteiger partial charge in [-0.15, -0.1) is 0 Å². The molecule has 4 heteroatoms. The zero-order valence-corrected chi connectivity index (χ0v) is 12.0. The number of amides is 1. The minimum atomic E-state index is 0.173. The van der Waals surface area contributed by atoms with Crippen molar-refractivity contribution >= 4 is 11.6 Å². The Labute approximate surface area is 124 Å². The lowest BCUT2D eigenvalue weighted by molar-refractivity contribution is -0.118. The number of nitrogens with two attached hydrogens (primary N) is 1. The second-order valence-corrected chi connectivity index (χ2v) is 5.28. The molecule has 108 valence electrons. The maximum Gasteiger partial charge on any atom is 0.227 e. The second kappa shape index (κ2) is 6.06. The fourth-order valence-corrected chi connectivity index (χ4v) is 2.83. The van der Waals surface area contributed by atoms with E-state index in [9.17, 15) is 4.79 Å². The van der Waals surface area contributed by atoms with Crippen molar-refractivity contribution in [3.63, 3.8) is 0 Å². The van der Waals surface area contributed by atoms with E-state index in [2.05, 4.69) is 11.1 Å². The van der Waals surface area contributed by atoms with Gasteiger partial charge in [0.15, 0.2) is 0 Å². The molecule has 0 unspecified atom stereocenters. The molecule has 1 amide bonds. The quantitative estimate of drug-likeness (QED) is 0.940. The van der Waals surface area contributed by atoms with Crippen LogP contribution in [0.1, 0.15) is 29.7 Å². The number of pyridine rings is 1. The number of nitrogens with zero attached hydrogens (tertiary/aromatic N) is 2. The summed E-state index contributed by atoms with van der Waals surface area (Å²) in [5, 5.41) is 0. The SMILES string of the molecule is NCc1ncccc1CN1C(=O)CCCc2ccccc21. The first-order valence-corrected chi connectivity index (χ1v) is 7.30. The summed E-state index contributed by atoms with van der Waals surface area (Å²) in [6.45, 7) is 0.927. The lowest BCUT2D eigenvalue weighted by Gasteiger charge is -2.24. The van der Waals surface area contributed by atoms with E-state index in [0.717, 1.165) is 29.8 Å². The van der Waals surface area contributed by atoms with Crippen LogP contribution in [0.25, 0.3) is 0 Å². The van der Waals surface area contributed by atoms with Crippen LogP contribution in [0.2, 0.25) is 0 Å². The number of aryl methyl sites for hydroxylation is 1. The van der Waals surface area contributed by atoms with Gasteiger partial charge in [-0.2, -0.15) is 0 Å². The highest BCUT2D eigenvalue weighted by Gasteiger charge is 2.22. The number of hydrogen-bond donors (Lipinski definition) is 1. The number of benzene rings is 1. The molecule has 21 heavy (non-hydrogen) atoms. The normalized spacial score (nSPS) is 14.7. The lowest BCUT2D eigenvalue weighted by atomic mass is 10.1. The van der Waals surface area contributed by atoms with Crippen molar-refractivity contribution in [2.75, 3.05) is 4.90 Å². The third-order valence-electron chi connectivity index (χ3n) is 3.93. The van der Waals surface area contributed by atoms with Crippen molar-refractivity contribution in [3.05, 3.63) is 59.4 Å². The molecule has 3 rings (SSSR count). The Kier molecular flexibility index (Phi) is 3.97. The first-order chi connectivity index (χ1) is 10.3. The molecule has 0 saturated carbocycles. The molecule has 1 aromatic carbocycles. The summed E-state index contributed by atoms with van der Waals surface area (Å²) < 4.78 is 0. The van der Waals surface area contributed by atoms with Gasteiger partial charge in [-0.25, -0.2) is 0 Å². The fraction of sp³-hybridized carbons (Fsp3) is 0.294. The molecule has 4 nitrogen and oxygen atoms in total. The average Bonchev–Trinajstić information content (AvgIpc) is 2.68. The first-order valence-electron chi connectivity index (χ1n) is 7.30. The van der Waals surface area contributed by atoms with Gasteiger partial charge < -0.3 is 10.6 Å². The Bertz CT molecular complexity index is 654. The molecule has 2 aromatic rings. The average molecular weight is 281 g/mol. The molecule has 0 aliphatic carbocycles. The van der Waals surface area contributed by atoms with Crippen LogP contribution in [0.15, 0.2) is 42.6 Å². The van der Waals surface area contributed by atoms with E-state index in [0.29, 0.717) is 19.5 Å². The summed E-state index contributed by atoms with van der Waals surface area (Å²) in [6.07, 6.45) is 4.19.